The molecule has 10 aromatic carbocycles. The molecule has 0 saturated carbocycles. The van der Waals surface area contributed by atoms with Gasteiger partial charge >= 0.3 is 0 Å². The summed E-state index contributed by atoms with van der Waals surface area (Å²) in [5.41, 5.74) is 18.4. The third kappa shape index (κ3) is 7.08. The standard InChI is InChI=1S/C68H52BNO2S/c1-67(2,3)47-27-29-50-51-30-28-48(68(4,5)6)40-58(51)70(57(50)39-47)56-22-15-21-49(44-26-33-64-53(34-44)52-20-13-14-23-63(52)73-64)65(56)45-25-32-59-55(35-45)69-54-31-24-43(41-16-9-7-10-17-41)36-60(54)72-62-38-46(37-61(71-59)66(62)69)42-18-11-8-12-19-42/h7-40H,1-6H3. The maximum Gasteiger partial charge on any atom is 0.260 e. The number of hydrogen-bond donors (Lipinski definition) is 0. The number of thiophene rings is 1. The largest absolute Gasteiger partial charge is 0.458 e. The highest BCUT2D eigenvalue weighted by atomic mass is 32.1. The minimum atomic E-state index is -0.145. The second-order valence-electron chi connectivity index (χ2n) is 22.1. The van der Waals surface area contributed by atoms with Crippen molar-refractivity contribution in [3.8, 4) is 73.2 Å². The van der Waals surface area contributed by atoms with Gasteiger partial charge in [-0.25, -0.2) is 0 Å². The molecule has 0 spiro atoms. The molecule has 14 rings (SSSR count). The number of hydrogen-bond acceptors (Lipinski definition) is 3. The van der Waals surface area contributed by atoms with Gasteiger partial charge < -0.3 is 14.0 Å². The molecule has 2 aromatic heterocycles. The Bertz CT molecular complexity index is 4160. The van der Waals surface area contributed by atoms with Crippen LogP contribution in [0.1, 0.15) is 52.7 Å². The van der Waals surface area contributed by atoms with Gasteiger partial charge in [0.05, 0.1) is 16.7 Å². The fourth-order valence-electron chi connectivity index (χ4n) is 11.6. The molecule has 0 radical (unpaired) electrons. The van der Waals surface area contributed by atoms with E-state index in [4.69, 9.17) is 9.47 Å². The zero-order valence-corrected chi connectivity index (χ0v) is 42.7. The van der Waals surface area contributed by atoms with Crippen LogP contribution in [0.25, 0.3) is 92.2 Å². The summed E-state index contributed by atoms with van der Waals surface area (Å²) < 4.78 is 19.3. The summed E-state index contributed by atoms with van der Waals surface area (Å²) in [5.74, 6) is 3.36. The van der Waals surface area contributed by atoms with Crippen LogP contribution in [-0.4, -0.2) is 11.3 Å². The van der Waals surface area contributed by atoms with Crippen LogP contribution in [0.5, 0.6) is 23.0 Å². The van der Waals surface area contributed by atoms with E-state index in [-0.39, 0.29) is 17.5 Å². The zero-order valence-electron chi connectivity index (χ0n) is 41.9. The molecule has 0 aliphatic carbocycles. The maximum atomic E-state index is 7.10. The Kier molecular flexibility index (Phi) is 9.69. The van der Waals surface area contributed by atoms with Gasteiger partial charge in [-0.05, 0) is 132 Å². The van der Waals surface area contributed by atoms with E-state index < -0.39 is 0 Å². The lowest BCUT2D eigenvalue weighted by atomic mass is 9.34. The van der Waals surface area contributed by atoms with Crippen LogP contribution in [-0.2, 0) is 10.8 Å². The van der Waals surface area contributed by atoms with Crippen molar-refractivity contribution in [2.45, 2.75) is 52.4 Å². The lowest BCUT2D eigenvalue weighted by molar-refractivity contribution is 0.465. The van der Waals surface area contributed by atoms with Gasteiger partial charge in [0.2, 0.25) is 0 Å². The van der Waals surface area contributed by atoms with Crippen molar-refractivity contribution in [3.05, 3.63) is 217 Å². The topological polar surface area (TPSA) is 23.4 Å². The Morgan fingerprint density at radius 3 is 1.66 bits per heavy atom. The first-order chi connectivity index (χ1) is 35.4. The Hall–Kier alpha value is -8.12. The summed E-state index contributed by atoms with van der Waals surface area (Å²) in [6, 6.07) is 76.2. The number of benzene rings is 10. The quantitative estimate of drug-likeness (QED) is 0.161. The lowest BCUT2D eigenvalue weighted by Gasteiger charge is -2.34. The third-order valence-corrected chi connectivity index (χ3v) is 16.6. The zero-order chi connectivity index (χ0) is 49.3. The van der Waals surface area contributed by atoms with Gasteiger partial charge in [0, 0.05) is 42.0 Å². The van der Waals surface area contributed by atoms with Crippen molar-refractivity contribution < 1.29 is 9.47 Å². The molecule has 3 nitrogen and oxygen atoms in total. The second-order valence-corrected chi connectivity index (χ2v) is 23.2. The van der Waals surface area contributed by atoms with E-state index >= 15 is 0 Å². The van der Waals surface area contributed by atoms with E-state index in [1.54, 1.807) is 0 Å². The fraction of sp³-hybridized carbons (Fsp3) is 0.118. The van der Waals surface area contributed by atoms with Crippen molar-refractivity contribution in [1.29, 1.82) is 0 Å². The first-order valence-corrected chi connectivity index (χ1v) is 26.3. The van der Waals surface area contributed by atoms with Crippen LogP contribution in [0.3, 0.4) is 0 Å². The van der Waals surface area contributed by atoms with Crippen LogP contribution >= 0.6 is 11.3 Å². The van der Waals surface area contributed by atoms with Crippen molar-refractivity contribution >= 4 is 76.4 Å². The highest BCUT2D eigenvalue weighted by molar-refractivity contribution is 7.25. The molecule has 0 fully saturated rings. The Labute approximate surface area is 431 Å². The average molecular weight is 958 g/mol. The molecule has 12 aromatic rings. The molecular formula is C68H52BNO2S. The molecule has 0 bridgehead atoms. The van der Waals surface area contributed by atoms with Gasteiger partial charge in [-0.1, -0.05) is 187 Å². The SMILES string of the molecule is CC(C)(C)c1ccc2c3ccc(C(C)(C)C)cc3n(-c3cccc(-c4ccc5sc6ccccc6c5c4)c3-c3ccc4c(c3)B3c5ccc(-c6ccccc6)cc5Oc5cc(-c6ccccc6)cc(c53)O4)c2c1. The van der Waals surface area contributed by atoms with Gasteiger partial charge in [-0.2, -0.15) is 0 Å². The maximum absolute atomic E-state index is 7.10. The molecular weight excluding hydrogens is 906 g/mol. The van der Waals surface area contributed by atoms with E-state index in [0.29, 0.717) is 0 Å². The van der Waals surface area contributed by atoms with Crippen LogP contribution < -0.4 is 25.9 Å². The number of rotatable bonds is 5. The molecule has 0 saturated heterocycles. The molecule has 2 aliphatic heterocycles. The summed E-state index contributed by atoms with van der Waals surface area (Å²) >= 11 is 1.86. The van der Waals surface area contributed by atoms with Crippen molar-refractivity contribution in [3.63, 3.8) is 0 Å². The molecule has 0 atom stereocenters. The lowest BCUT2D eigenvalue weighted by Crippen LogP contribution is -2.57. The Balaban J connectivity index is 1.05. The minimum absolute atomic E-state index is 0.0488. The predicted octanol–water partition coefficient (Wildman–Crippen LogP) is 17.1. The Morgan fingerprint density at radius 2 is 0.973 bits per heavy atom. The normalized spacial score (nSPS) is 13.0. The number of ether oxygens (including phenoxy) is 2. The van der Waals surface area contributed by atoms with Crippen LogP contribution in [0.4, 0.5) is 0 Å². The molecule has 73 heavy (non-hydrogen) atoms. The monoisotopic (exact) mass is 957 g/mol. The van der Waals surface area contributed by atoms with Gasteiger partial charge in [-0.3, -0.25) is 0 Å². The van der Waals surface area contributed by atoms with E-state index in [9.17, 15) is 0 Å². The number of fused-ring (bicyclic) bond motifs is 10. The molecule has 0 amide bonds. The molecule has 5 heteroatoms. The van der Waals surface area contributed by atoms with Crippen molar-refractivity contribution in [2.24, 2.45) is 0 Å². The summed E-state index contributed by atoms with van der Waals surface area (Å²) in [7, 11) is 0. The fourth-order valence-corrected chi connectivity index (χ4v) is 12.7. The van der Waals surface area contributed by atoms with E-state index in [1.807, 2.05) is 11.3 Å². The minimum Gasteiger partial charge on any atom is -0.458 e. The van der Waals surface area contributed by atoms with Crippen LogP contribution in [0.2, 0.25) is 0 Å². The highest BCUT2D eigenvalue weighted by Gasteiger charge is 2.41. The summed E-state index contributed by atoms with van der Waals surface area (Å²) in [6.45, 7) is 13.7. The van der Waals surface area contributed by atoms with Crippen molar-refractivity contribution in [2.75, 3.05) is 0 Å². The summed E-state index contributed by atoms with van der Waals surface area (Å²) in [5, 5.41) is 5.07. The predicted molar refractivity (Wildman–Crippen MR) is 311 cm³/mol. The van der Waals surface area contributed by atoms with Crippen LogP contribution in [0.15, 0.2) is 206 Å². The Morgan fingerprint density at radius 1 is 0.384 bits per heavy atom. The average Bonchev–Trinajstić information content (AvgIpc) is 3.95. The van der Waals surface area contributed by atoms with Crippen LogP contribution in [0, 0.1) is 0 Å². The second kappa shape index (κ2) is 16.2. The van der Waals surface area contributed by atoms with Gasteiger partial charge in [-0.15, -0.1) is 11.3 Å². The van der Waals surface area contributed by atoms with Crippen molar-refractivity contribution in [1.82, 2.24) is 4.57 Å². The smallest absolute Gasteiger partial charge is 0.260 e. The first kappa shape index (κ1) is 43.7. The summed E-state index contributed by atoms with van der Waals surface area (Å²) in [4.78, 5) is 0. The van der Waals surface area contributed by atoms with Gasteiger partial charge in [0.1, 0.15) is 23.0 Å². The molecule has 0 unspecified atom stereocenters. The van der Waals surface area contributed by atoms with E-state index in [2.05, 4.69) is 252 Å². The summed E-state index contributed by atoms with van der Waals surface area (Å²) in [6.07, 6.45) is 0. The van der Waals surface area contributed by atoms with E-state index in [1.165, 1.54) is 69.8 Å². The molecule has 350 valence electrons. The van der Waals surface area contributed by atoms with Gasteiger partial charge in [0.15, 0.2) is 0 Å². The van der Waals surface area contributed by atoms with E-state index in [0.717, 1.165) is 72.9 Å². The molecule has 4 heterocycles. The number of aromatic nitrogens is 1. The molecule has 2 aliphatic rings. The van der Waals surface area contributed by atoms with Gasteiger partial charge in [0.25, 0.3) is 6.71 Å². The highest BCUT2D eigenvalue weighted by Crippen LogP contribution is 2.46. The molecule has 0 N–H and O–H groups in total. The first-order valence-electron chi connectivity index (χ1n) is 25.5. The number of nitrogens with zero attached hydrogens (tertiary/aromatic N) is 1. The third-order valence-electron chi connectivity index (χ3n) is 15.5.